The zero-order valence-electron chi connectivity index (χ0n) is 5.47. The maximum atomic E-state index is 11.5. The number of carbonyl (C=O) groups excluding carboxylic acids is 1. The van der Waals surface area contributed by atoms with Crippen LogP contribution in [0.5, 0.6) is 0 Å². The molecule has 0 fully saturated rings. The second-order valence-corrected chi connectivity index (χ2v) is 2.34. The van der Waals surface area contributed by atoms with Crippen LogP contribution in [0.25, 0.3) is 0 Å². The Morgan fingerprint density at radius 1 is 1.55 bits per heavy atom. The maximum absolute atomic E-state index is 11.5. The van der Waals surface area contributed by atoms with E-state index in [1.807, 2.05) is 0 Å². The van der Waals surface area contributed by atoms with Gasteiger partial charge in [0.1, 0.15) is 0 Å². The number of thiocarbonyl (C=S) groups is 1. The highest BCUT2D eigenvalue weighted by atomic mass is 32.1. The van der Waals surface area contributed by atoms with E-state index in [4.69, 9.17) is 5.11 Å². The number of aliphatic hydroxyl groups is 1. The maximum Gasteiger partial charge on any atom is 0.450 e. The third kappa shape index (κ3) is 2.83. The van der Waals surface area contributed by atoms with Crippen LogP contribution in [0.15, 0.2) is 0 Å². The largest absolute Gasteiger partial charge is 0.501 e. The van der Waals surface area contributed by atoms with Gasteiger partial charge < -0.3 is 5.11 Å². The lowest BCUT2D eigenvalue weighted by Gasteiger charge is -2.09. The third-order valence-corrected chi connectivity index (χ3v) is 1.40. The molecule has 0 aromatic rings. The molecule has 0 rings (SSSR count). The predicted molar refractivity (Wildman–Crippen MR) is 35.5 cm³/mol. The summed E-state index contributed by atoms with van der Waals surface area (Å²) in [6, 6.07) is 0. The molecule has 0 amide bonds. The van der Waals surface area contributed by atoms with Gasteiger partial charge in [-0.05, 0) is 19.1 Å². The first-order valence-electron chi connectivity index (χ1n) is 2.60. The predicted octanol–water partition coefficient (Wildman–Crippen LogP) is 1.64. The number of ketones is 1. The third-order valence-electron chi connectivity index (χ3n) is 1.04. The molecule has 1 N–H and O–H groups in total. The van der Waals surface area contributed by atoms with Crippen LogP contribution < -0.4 is 0 Å². The van der Waals surface area contributed by atoms with Gasteiger partial charge in [0.05, 0.1) is 5.92 Å². The molecule has 0 aromatic carbocycles. The van der Waals surface area contributed by atoms with Crippen molar-refractivity contribution in [2.75, 3.05) is 0 Å². The number of carbonyl (C=O) groups is 1. The van der Waals surface area contributed by atoms with E-state index in [1.165, 1.54) is 0 Å². The number of alkyl halides is 3. The van der Waals surface area contributed by atoms with Gasteiger partial charge in [0.2, 0.25) is 5.78 Å². The summed E-state index contributed by atoms with van der Waals surface area (Å²) in [4.78, 5) is 10.2. The van der Waals surface area contributed by atoms with Gasteiger partial charge in [-0.1, -0.05) is 0 Å². The van der Waals surface area contributed by atoms with E-state index in [0.29, 0.717) is 0 Å². The van der Waals surface area contributed by atoms with Gasteiger partial charge in [-0.2, -0.15) is 13.2 Å². The van der Waals surface area contributed by atoms with Crippen LogP contribution >= 0.6 is 12.2 Å². The summed E-state index contributed by atoms with van der Waals surface area (Å²) >= 11 is 4.00. The minimum absolute atomic E-state index is 0.901. The fourth-order valence-electron chi connectivity index (χ4n) is 0.358. The van der Waals surface area contributed by atoms with Crippen LogP contribution in [0.4, 0.5) is 13.2 Å². The first-order chi connectivity index (χ1) is 4.76. The van der Waals surface area contributed by atoms with Gasteiger partial charge in [0.25, 0.3) is 0 Å². The first kappa shape index (κ1) is 10.3. The molecule has 0 heterocycles. The number of Topliss-reactive ketones (excluding diaryl/α,β-unsaturated/α-hetero) is 1. The number of aliphatic hydroxyl groups excluding tert-OH is 1. The average Bonchev–Trinajstić information content (AvgIpc) is 1.82. The van der Waals surface area contributed by atoms with Crippen LogP contribution in [0.3, 0.4) is 0 Å². The lowest BCUT2D eigenvalue weighted by atomic mass is 10.1. The zero-order chi connectivity index (χ0) is 9.23. The van der Waals surface area contributed by atoms with Crippen molar-refractivity contribution < 1.29 is 23.1 Å². The summed E-state index contributed by atoms with van der Waals surface area (Å²) in [5, 5.41) is 7.43. The fraction of sp³-hybridized carbons (Fsp3) is 0.600. The summed E-state index contributed by atoms with van der Waals surface area (Å²) in [5.41, 5.74) is 0. The Balaban J connectivity index is 4.39. The molecule has 64 valence electrons. The molecule has 0 saturated carbocycles. The van der Waals surface area contributed by atoms with E-state index in [1.54, 1.807) is 0 Å². The van der Waals surface area contributed by atoms with Crippen molar-refractivity contribution in [3.63, 3.8) is 0 Å². The van der Waals surface area contributed by atoms with Crippen LogP contribution in [0.1, 0.15) is 6.92 Å². The SMILES string of the molecule is CC(C(=O)C(F)(F)F)C(O)=S. The fourth-order valence-corrected chi connectivity index (χ4v) is 0.465. The van der Waals surface area contributed by atoms with Crippen molar-refractivity contribution in [2.45, 2.75) is 13.1 Å². The van der Waals surface area contributed by atoms with Gasteiger partial charge in [-0.3, -0.25) is 4.79 Å². The topological polar surface area (TPSA) is 37.3 Å². The number of hydrogen-bond donors (Lipinski definition) is 1. The van der Waals surface area contributed by atoms with E-state index in [0.717, 1.165) is 6.92 Å². The van der Waals surface area contributed by atoms with Crippen molar-refractivity contribution in [2.24, 2.45) is 5.92 Å². The molecule has 0 aliphatic heterocycles. The first-order valence-corrected chi connectivity index (χ1v) is 3.01. The van der Waals surface area contributed by atoms with Gasteiger partial charge in [-0.15, -0.1) is 0 Å². The Morgan fingerprint density at radius 3 is 2.00 bits per heavy atom. The summed E-state index contributed by atoms with van der Waals surface area (Å²) < 4.78 is 34.6. The van der Waals surface area contributed by atoms with E-state index in [9.17, 15) is 18.0 Å². The molecule has 0 aliphatic carbocycles. The zero-order valence-corrected chi connectivity index (χ0v) is 6.29. The summed E-state index contributed by atoms with van der Waals surface area (Å²) in [6.07, 6.45) is -4.92. The highest BCUT2D eigenvalue weighted by Gasteiger charge is 2.42. The van der Waals surface area contributed by atoms with Crippen molar-refractivity contribution in [1.29, 1.82) is 0 Å². The molecule has 1 unspecified atom stereocenters. The second-order valence-electron chi connectivity index (χ2n) is 1.92. The van der Waals surface area contributed by atoms with E-state index in [2.05, 4.69) is 12.2 Å². The molecule has 0 saturated heterocycles. The van der Waals surface area contributed by atoms with Crippen LogP contribution in [0, 0.1) is 5.92 Å². The molecule has 0 aliphatic rings. The Bertz CT molecular complexity index is 187. The Labute approximate surface area is 66.0 Å². The quantitative estimate of drug-likeness (QED) is 0.666. The van der Waals surface area contributed by atoms with E-state index < -0.39 is 22.9 Å². The summed E-state index contributed by atoms with van der Waals surface area (Å²) in [5.74, 6) is -3.67. The van der Waals surface area contributed by atoms with Crippen LogP contribution in [-0.2, 0) is 4.79 Å². The van der Waals surface area contributed by atoms with Crippen molar-refractivity contribution in [1.82, 2.24) is 0 Å². The lowest BCUT2D eigenvalue weighted by Crippen LogP contribution is -2.32. The Morgan fingerprint density at radius 2 is 1.91 bits per heavy atom. The summed E-state index contributed by atoms with van der Waals surface area (Å²) in [7, 11) is 0. The standard InChI is InChI=1S/C5H5F3O2S/c1-2(4(10)11)3(9)5(6,7)8/h2H,1H3,(H,10,11). The van der Waals surface area contributed by atoms with E-state index in [-0.39, 0.29) is 0 Å². The van der Waals surface area contributed by atoms with E-state index >= 15 is 0 Å². The number of rotatable bonds is 2. The summed E-state index contributed by atoms with van der Waals surface area (Å²) in [6.45, 7) is 0.901. The molecular formula is C5H5F3O2S. The highest BCUT2D eigenvalue weighted by Crippen LogP contribution is 2.21. The molecule has 2 nitrogen and oxygen atoms in total. The molecule has 6 heteroatoms. The Hall–Kier alpha value is -0.650. The van der Waals surface area contributed by atoms with Gasteiger partial charge in [-0.25, -0.2) is 0 Å². The second kappa shape index (κ2) is 3.17. The average molecular weight is 186 g/mol. The molecular weight excluding hydrogens is 181 g/mol. The van der Waals surface area contributed by atoms with Gasteiger partial charge in [0.15, 0.2) is 5.05 Å². The highest BCUT2D eigenvalue weighted by molar-refractivity contribution is 7.80. The van der Waals surface area contributed by atoms with Crippen LogP contribution in [-0.4, -0.2) is 22.1 Å². The molecule has 11 heavy (non-hydrogen) atoms. The minimum Gasteiger partial charge on any atom is -0.501 e. The number of halogens is 3. The van der Waals surface area contributed by atoms with Gasteiger partial charge in [0, 0.05) is 0 Å². The Kier molecular flexibility index (Phi) is 2.98. The smallest absolute Gasteiger partial charge is 0.450 e. The van der Waals surface area contributed by atoms with Crippen molar-refractivity contribution in [3.8, 4) is 0 Å². The minimum atomic E-state index is -4.92. The normalized spacial score (nSPS) is 14.2. The van der Waals surface area contributed by atoms with Crippen molar-refractivity contribution >= 4 is 23.1 Å². The van der Waals surface area contributed by atoms with Crippen molar-refractivity contribution in [3.05, 3.63) is 0 Å². The number of hydrogen-bond acceptors (Lipinski definition) is 2. The molecule has 0 radical (unpaired) electrons. The van der Waals surface area contributed by atoms with Crippen LogP contribution in [0.2, 0.25) is 0 Å². The lowest BCUT2D eigenvalue weighted by molar-refractivity contribution is -0.173. The molecule has 0 aromatic heterocycles. The molecule has 0 spiro atoms. The molecule has 1 atom stereocenters. The monoisotopic (exact) mass is 186 g/mol. The molecule has 0 bridgehead atoms. The van der Waals surface area contributed by atoms with Gasteiger partial charge >= 0.3 is 6.18 Å².